The lowest BCUT2D eigenvalue weighted by molar-refractivity contribution is -0.355. The Hall–Kier alpha value is -1.19. The van der Waals surface area contributed by atoms with Gasteiger partial charge in [0, 0.05) is 19.6 Å². The summed E-state index contributed by atoms with van der Waals surface area (Å²) in [5.74, 6) is -0.870. The molecule has 278 valence electrons. The van der Waals surface area contributed by atoms with E-state index in [-0.39, 0.29) is 44.2 Å². The van der Waals surface area contributed by atoms with Gasteiger partial charge in [0.25, 0.3) is 0 Å². The summed E-state index contributed by atoms with van der Waals surface area (Å²) in [6.45, 7) is 0.873. The van der Waals surface area contributed by atoms with Gasteiger partial charge in [-0.25, -0.2) is 4.79 Å². The van der Waals surface area contributed by atoms with E-state index < -0.39 is 98.4 Å². The number of rotatable bonds is 15. The van der Waals surface area contributed by atoms with Crippen LogP contribution in [0.15, 0.2) is 0 Å². The summed E-state index contributed by atoms with van der Waals surface area (Å²) in [6.07, 6.45) is -13.0. The predicted octanol–water partition coefficient (Wildman–Crippen LogP) is -1.55. The topological polar surface area (TPSA) is 243 Å². The van der Waals surface area contributed by atoms with E-state index in [0.717, 1.165) is 32.1 Å². The molecule has 16 nitrogen and oxygen atoms in total. The quantitative estimate of drug-likeness (QED) is 0.0874. The number of aliphatic carboxylic acids is 1. The Bertz CT molecular complexity index is 1010. The Morgan fingerprint density at radius 2 is 1.58 bits per heavy atom. The molecule has 0 radical (unpaired) electrons. The Kier molecular flexibility index (Phi) is 15.6. The third kappa shape index (κ3) is 10.2. The largest absolute Gasteiger partial charge is 0.479 e. The first-order chi connectivity index (χ1) is 22.9. The van der Waals surface area contributed by atoms with Gasteiger partial charge in [-0.3, -0.25) is 4.79 Å². The van der Waals surface area contributed by atoms with E-state index in [9.17, 15) is 45.3 Å². The van der Waals surface area contributed by atoms with Gasteiger partial charge in [-0.05, 0) is 37.9 Å². The van der Waals surface area contributed by atoms with Crippen LogP contribution in [0.25, 0.3) is 0 Å². The number of carbonyl (C=O) groups is 2. The van der Waals surface area contributed by atoms with E-state index in [1.807, 2.05) is 0 Å². The highest BCUT2D eigenvalue weighted by Crippen LogP contribution is 2.34. The lowest BCUT2D eigenvalue weighted by atomic mass is 9.85. The number of carbonyl (C=O) groups excluding carboxylic acids is 1. The number of nitrogens with one attached hydrogen (secondary N) is 1. The summed E-state index contributed by atoms with van der Waals surface area (Å²) >= 11 is 4.13. The molecule has 14 atom stereocenters. The molecule has 0 aromatic carbocycles. The molecule has 0 aromatic rings. The Labute approximate surface area is 285 Å². The van der Waals surface area contributed by atoms with Crippen molar-refractivity contribution in [3.8, 4) is 0 Å². The number of hydrogen-bond donors (Lipinski definition) is 9. The van der Waals surface area contributed by atoms with Gasteiger partial charge < -0.3 is 69.5 Å². The molecule has 3 aliphatic heterocycles. The van der Waals surface area contributed by atoms with Crippen LogP contribution in [0, 0.1) is 5.92 Å². The van der Waals surface area contributed by atoms with E-state index in [4.69, 9.17) is 28.4 Å². The van der Waals surface area contributed by atoms with Crippen LogP contribution in [0.3, 0.4) is 0 Å². The molecule has 1 saturated carbocycles. The fourth-order valence-corrected chi connectivity index (χ4v) is 6.94. The van der Waals surface area contributed by atoms with Crippen molar-refractivity contribution < 1.29 is 73.8 Å². The zero-order valence-corrected chi connectivity index (χ0v) is 28.1. The smallest absolute Gasteiger partial charge is 0.332 e. The number of thiol groups is 1. The molecule has 3 saturated heterocycles. The van der Waals surface area contributed by atoms with E-state index in [1.165, 1.54) is 6.92 Å². The maximum atomic E-state index is 12.4. The molecule has 4 rings (SSSR count). The first-order valence-corrected chi connectivity index (χ1v) is 17.6. The van der Waals surface area contributed by atoms with Gasteiger partial charge in [0.2, 0.25) is 5.91 Å². The molecule has 0 bridgehead atoms. The molecular weight excluding hydrogens is 658 g/mol. The van der Waals surface area contributed by atoms with Crippen molar-refractivity contribution in [2.24, 2.45) is 5.92 Å². The van der Waals surface area contributed by atoms with Crippen LogP contribution in [0.2, 0.25) is 0 Å². The number of hydrogen-bond acceptors (Lipinski definition) is 15. The summed E-state index contributed by atoms with van der Waals surface area (Å²) in [4.78, 5) is 24.6. The molecule has 8 N–H and O–H groups in total. The summed E-state index contributed by atoms with van der Waals surface area (Å²) in [5.41, 5.74) is 0. The van der Waals surface area contributed by atoms with E-state index in [1.54, 1.807) is 0 Å². The molecule has 4 fully saturated rings. The third-order valence-electron chi connectivity index (χ3n) is 9.63. The second-order valence-electron chi connectivity index (χ2n) is 13.2. The monoisotopic (exact) mass is 711 g/mol. The van der Waals surface area contributed by atoms with Crippen molar-refractivity contribution >= 4 is 24.5 Å². The highest BCUT2D eigenvalue weighted by atomic mass is 32.1. The Morgan fingerprint density at radius 1 is 0.875 bits per heavy atom. The van der Waals surface area contributed by atoms with Gasteiger partial charge in [0.1, 0.15) is 54.9 Å². The summed E-state index contributed by atoms with van der Waals surface area (Å²) < 4.78 is 35.5. The number of ether oxygens (including phenoxy) is 6. The number of aliphatic hydroxyl groups excluding tert-OH is 6. The van der Waals surface area contributed by atoms with E-state index >= 15 is 0 Å². The number of carboxylic acid groups (broad SMARTS) is 1. The molecule has 1 amide bonds. The van der Waals surface area contributed by atoms with E-state index in [0.29, 0.717) is 12.2 Å². The molecule has 9 unspecified atom stereocenters. The third-order valence-corrected chi connectivity index (χ3v) is 9.95. The van der Waals surface area contributed by atoms with Crippen molar-refractivity contribution in [2.75, 3.05) is 25.5 Å². The molecule has 1 aliphatic carbocycles. The number of carboxylic acids is 1. The van der Waals surface area contributed by atoms with Gasteiger partial charge >= 0.3 is 5.97 Å². The van der Waals surface area contributed by atoms with Crippen LogP contribution >= 0.6 is 12.6 Å². The van der Waals surface area contributed by atoms with Crippen LogP contribution < -0.4 is 5.32 Å². The van der Waals surface area contributed by atoms with Gasteiger partial charge in [-0.2, -0.15) is 12.6 Å². The SMILES string of the molecule is CC1O[C@@H](OC2C(CNC(=O)CCCS)OCC[C@H]2O[C@@H]2OC(CO)[C@H](O)C(OC(CC3CCCCC3)C(=O)O)C2O)C(O)C(O)[C@@H]1O. The minimum Gasteiger partial charge on any atom is -0.479 e. The highest BCUT2D eigenvalue weighted by molar-refractivity contribution is 7.80. The normalized spacial score (nSPS) is 40.3. The molecule has 48 heavy (non-hydrogen) atoms. The molecule has 0 aromatic heterocycles. The maximum Gasteiger partial charge on any atom is 0.332 e. The lowest BCUT2D eigenvalue weighted by Gasteiger charge is -2.47. The average Bonchev–Trinajstić information content (AvgIpc) is 3.07. The van der Waals surface area contributed by atoms with Gasteiger partial charge in [0.15, 0.2) is 18.7 Å². The van der Waals surface area contributed by atoms with Crippen molar-refractivity contribution in [1.82, 2.24) is 5.32 Å². The molecule has 0 spiro atoms. The second-order valence-corrected chi connectivity index (χ2v) is 13.6. The summed E-state index contributed by atoms with van der Waals surface area (Å²) in [7, 11) is 0. The molecule has 17 heteroatoms. The fourth-order valence-electron chi connectivity index (χ4n) is 6.78. The highest BCUT2D eigenvalue weighted by Gasteiger charge is 2.51. The predicted molar refractivity (Wildman–Crippen MR) is 168 cm³/mol. The van der Waals surface area contributed by atoms with Crippen LogP contribution in [0.1, 0.15) is 64.7 Å². The minimum absolute atomic E-state index is 0.0429. The van der Waals surface area contributed by atoms with Crippen molar-refractivity contribution in [1.29, 1.82) is 0 Å². The zero-order valence-electron chi connectivity index (χ0n) is 27.2. The zero-order chi connectivity index (χ0) is 35.0. The Balaban J connectivity index is 1.52. The lowest BCUT2D eigenvalue weighted by Crippen LogP contribution is -2.64. The van der Waals surface area contributed by atoms with Crippen LogP contribution in [-0.4, -0.2) is 159 Å². The fraction of sp³-hybridized carbons (Fsp3) is 0.935. The number of aliphatic hydroxyl groups is 6. The first kappa shape index (κ1) is 39.6. The molecular formula is C31H53NO15S. The Morgan fingerprint density at radius 3 is 2.25 bits per heavy atom. The van der Waals surface area contributed by atoms with Gasteiger partial charge in [-0.15, -0.1) is 0 Å². The minimum atomic E-state index is -1.70. The maximum absolute atomic E-state index is 12.4. The van der Waals surface area contributed by atoms with Crippen molar-refractivity contribution in [3.05, 3.63) is 0 Å². The first-order valence-electron chi connectivity index (χ1n) is 17.0. The standard InChI is InChI=1S/C31H53NO15S/c1-15-22(35)24(37)25(38)30(43-15)47-27-17(9-10-42-19(27)13-32-21(34)8-5-11-48)45-31-26(39)28(23(36)20(14-33)46-31)44-18(29(40)41)12-16-6-3-2-4-7-16/h15-20,22-28,30-31,33,35-39,48H,2-14H2,1H3,(H,32,34)(H,40,41)/t15?,17-,18?,19?,20?,22-,23+,24?,25?,26?,27?,28?,30+,31-/m1/s1. The summed E-state index contributed by atoms with van der Waals surface area (Å²) in [5, 5.41) is 76.3. The second kappa shape index (κ2) is 18.9. The van der Waals surface area contributed by atoms with Crippen molar-refractivity contribution in [2.45, 2.75) is 151 Å². The van der Waals surface area contributed by atoms with Crippen LogP contribution in [0.5, 0.6) is 0 Å². The average molecular weight is 712 g/mol. The molecule has 3 heterocycles. The van der Waals surface area contributed by atoms with E-state index in [2.05, 4.69) is 17.9 Å². The number of amides is 1. The van der Waals surface area contributed by atoms with Gasteiger partial charge in [0.05, 0.1) is 18.8 Å². The van der Waals surface area contributed by atoms with Crippen LogP contribution in [-0.2, 0) is 38.0 Å². The van der Waals surface area contributed by atoms with Gasteiger partial charge in [-0.1, -0.05) is 32.1 Å². The molecule has 4 aliphatic rings. The van der Waals surface area contributed by atoms with Crippen molar-refractivity contribution in [3.63, 3.8) is 0 Å². The summed E-state index contributed by atoms with van der Waals surface area (Å²) in [6, 6.07) is 0. The van der Waals surface area contributed by atoms with Crippen LogP contribution in [0.4, 0.5) is 0 Å².